The van der Waals surface area contributed by atoms with Crippen LogP contribution in [-0.4, -0.2) is 24.5 Å². The second-order valence-electron chi connectivity index (χ2n) is 4.02. The van der Waals surface area contributed by atoms with E-state index in [0.717, 1.165) is 0 Å². The maximum Gasteiger partial charge on any atom is 0.252 e. The summed E-state index contributed by atoms with van der Waals surface area (Å²) >= 11 is 0.609. The van der Waals surface area contributed by atoms with Crippen molar-refractivity contribution in [3.8, 4) is 11.5 Å². The van der Waals surface area contributed by atoms with Crippen molar-refractivity contribution >= 4 is 11.8 Å². The van der Waals surface area contributed by atoms with E-state index in [2.05, 4.69) is 4.98 Å². The second kappa shape index (κ2) is 7.35. The number of aromatic nitrogens is 1. The van der Waals surface area contributed by atoms with E-state index in [1.54, 1.807) is 24.3 Å². The average Bonchev–Trinajstić information content (AvgIpc) is 2.53. The average molecular weight is 333 g/mol. The number of halogens is 4. The molecule has 2 aromatic rings. The van der Waals surface area contributed by atoms with Crippen molar-refractivity contribution in [3.63, 3.8) is 0 Å². The van der Waals surface area contributed by atoms with Gasteiger partial charge in [0.1, 0.15) is 11.5 Å². The molecule has 0 saturated carbocycles. The Morgan fingerprint density at radius 2 is 1.50 bits per heavy atom. The van der Waals surface area contributed by atoms with Gasteiger partial charge >= 0.3 is 0 Å². The lowest BCUT2D eigenvalue weighted by molar-refractivity contribution is 0.342. The van der Waals surface area contributed by atoms with Crippen molar-refractivity contribution < 1.29 is 27.0 Å². The Kier molecular flexibility index (Phi) is 5.48. The molecule has 3 nitrogen and oxygen atoms in total. The highest BCUT2D eigenvalue weighted by molar-refractivity contribution is 7.99. The molecule has 0 bridgehead atoms. The number of rotatable bonds is 6. The molecule has 22 heavy (non-hydrogen) atoms. The summed E-state index contributed by atoms with van der Waals surface area (Å²) in [4.78, 5) is 1.74. The molecule has 118 valence electrons. The van der Waals surface area contributed by atoms with Crippen LogP contribution in [0.1, 0.15) is 0 Å². The van der Waals surface area contributed by atoms with E-state index >= 15 is 0 Å². The first-order valence-electron chi connectivity index (χ1n) is 6.12. The van der Waals surface area contributed by atoms with Crippen LogP contribution in [0.25, 0.3) is 0 Å². The van der Waals surface area contributed by atoms with Crippen molar-refractivity contribution in [1.29, 1.82) is 0 Å². The Morgan fingerprint density at radius 3 is 2.05 bits per heavy atom. The Hall–Kier alpha value is -1.96. The first kappa shape index (κ1) is 16.4. The molecular weight excluding hydrogens is 322 g/mol. The molecule has 8 heteroatoms. The zero-order chi connectivity index (χ0) is 16.1. The third kappa shape index (κ3) is 3.82. The van der Waals surface area contributed by atoms with Gasteiger partial charge < -0.3 is 9.47 Å². The van der Waals surface area contributed by atoms with Crippen LogP contribution in [0.5, 0.6) is 11.5 Å². The lowest BCUT2D eigenvalue weighted by Crippen LogP contribution is -2.05. The molecule has 1 aromatic heterocycles. The topological polar surface area (TPSA) is 31.4 Å². The number of thioether (sulfide) groups is 1. The second-order valence-corrected chi connectivity index (χ2v) is 5.13. The smallest absolute Gasteiger partial charge is 0.252 e. The van der Waals surface area contributed by atoms with E-state index in [0.29, 0.717) is 23.3 Å². The zero-order valence-corrected chi connectivity index (χ0v) is 12.2. The predicted octanol–water partition coefficient (Wildman–Crippen LogP) is 3.82. The fraction of sp³-hybridized carbons (Fsp3) is 0.214. The quantitative estimate of drug-likeness (QED) is 0.348. The molecular formula is C14H11F4NO2S. The summed E-state index contributed by atoms with van der Waals surface area (Å²) in [6.07, 6.45) is 0. The number of ether oxygens (including phenoxy) is 2. The summed E-state index contributed by atoms with van der Waals surface area (Å²) in [5.74, 6) is -5.05. The molecule has 0 N–H and O–H groups in total. The Labute approximate surface area is 128 Å². The van der Waals surface area contributed by atoms with Gasteiger partial charge in [-0.3, -0.25) is 0 Å². The van der Waals surface area contributed by atoms with Crippen molar-refractivity contribution in [1.82, 2.24) is 4.98 Å². The van der Waals surface area contributed by atoms with Crippen LogP contribution in [0.15, 0.2) is 29.2 Å². The van der Waals surface area contributed by atoms with E-state index < -0.39 is 28.4 Å². The number of benzene rings is 1. The fourth-order valence-corrected chi connectivity index (χ4v) is 2.36. The lowest BCUT2D eigenvalue weighted by Gasteiger charge is -2.08. The minimum absolute atomic E-state index is 0.0986. The Bertz CT molecular complexity index is 626. The van der Waals surface area contributed by atoms with E-state index in [1.165, 1.54) is 7.11 Å². The molecule has 0 saturated heterocycles. The predicted molar refractivity (Wildman–Crippen MR) is 73.3 cm³/mol. The van der Waals surface area contributed by atoms with Crippen molar-refractivity contribution in [2.45, 2.75) is 4.90 Å². The van der Waals surface area contributed by atoms with Gasteiger partial charge in [0.25, 0.3) is 11.9 Å². The first-order chi connectivity index (χ1) is 10.5. The van der Waals surface area contributed by atoms with E-state index in [4.69, 9.17) is 9.47 Å². The third-order valence-corrected chi connectivity index (χ3v) is 3.63. The van der Waals surface area contributed by atoms with Gasteiger partial charge in [0.2, 0.25) is 0 Å². The minimum Gasteiger partial charge on any atom is -0.497 e. The SMILES string of the molecule is COc1ccc(OCCSc2c(F)c(F)nc(F)c2F)cc1. The van der Waals surface area contributed by atoms with E-state index in [-0.39, 0.29) is 12.4 Å². The Morgan fingerprint density at radius 1 is 0.955 bits per heavy atom. The molecule has 0 atom stereocenters. The number of hydrogen-bond donors (Lipinski definition) is 0. The molecule has 0 aliphatic carbocycles. The summed E-state index contributed by atoms with van der Waals surface area (Å²) in [6.45, 7) is 0.0986. The molecule has 0 aliphatic rings. The number of pyridine rings is 1. The first-order valence-corrected chi connectivity index (χ1v) is 7.11. The van der Waals surface area contributed by atoms with Gasteiger partial charge in [0.05, 0.1) is 18.6 Å². The van der Waals surface area contributed by atoms with E-state index in [1.807, 2.05) is 0 Å². The number of hydrogen-bond acceptors (Lipinski definition) is 4. The maximum atomic E-state index is 13.4. The van der Waals surface area contributed by atoms with Gasteiger partial charge in [-0.2, -0.15) is 13.8 Å². The molecule has 0 fully saturated rings. The van der Waals surface area contributed by atoms with Crippen molar-refractivity contribution in [2.24, 2.45) is 0 Å². The fourth-order valence-electron chi connectivity index (χ4n) is 1.57. The van der Waals surface area contributed by atoms with Gasteiger partial charge in [-0.1, -0.05) is 0 Å². The van der Waals surface area contributed by atoms with Crippen LogP contribution in [0.2, 0.25) is 0 Å². The lowest BCUT2D eigenvalue weighted by atomic mass is 10.3. The molecule has 0 spiro atoms. The highest BCUT2D eigenvalue weighted by Gasteiger charge is 2.20. The Balaban J connectivity index is 1.91. The largest absolute Gasteiger partial charge is 0.497 e. The highest BCUT2D eigenvalue weighted by atomic mass is 32.2. The summed E-state index contributed by atoms with van der Waals surface area (Å²) < 4.78 is 62.9. The van der Waals surface area contributed by atoms with Gasteiger partial charge in [0, 0.05) is 5.75 Å². The summed E-state index contributed by atoms with van der Waals surface area (Å²) in [5, 5.41) is 0. The van der Waals surface area contributed by atoms with Crippen LogP contribution >= 0.6 is 11.8 Å². The molecule has 1 aromatic carbocycles. The monoisotopic (exact) mass is 333 g/mol. The van der Waals surface area contributed by atoms with Crippen LogP contribution in [0, 0.1) is 23.5 Å². The van der Waals surface area contributed by atoms with Gasteiger partial charge in [0.15, 0.2) is 11.6 Å². The van der Waals surface area contributed by atoms with Gasteiger partial charge in [-0.15, -0.1) is 11.8 Å². The molecule has 2 rings (SSSR count). The summed E-state index contributed by atoms with van der Waals surface area (Å²) in [5.41, 5.74) is 0. The summed E-state index contributed by atoms with van der Waals surface area (Å²) in [7, 11) is 1.53. The van der Waals surface area contributed by atoms with Crippen LogP contribution < -0.4 is 9.47 Å². The molecule has 0 unspecified atom stereocenters. The highest BCUT2D eigenvalue weighted by Crippen LogP contribution is 2.27. The summed E-state index contributed by atoms with van der Waals surface area (Å²) in [6, 6.07) is 6.71. The van der Waals surface area contributed by atoms with Gasteiger partial charge in [-0.25, -0.2) is 8.78 Å². The molecule has 0 aliphatic heterocycles. The van der Waals surface area contributed by atoms with E-state index in [9.17, 15) is 17.6 Å². The van der Waals surface area contributed by atoms with Crippen LogP contribution in [-0.2, 0) is 0 Å². The van der Waals surface area contributed by atoms with Crippen LogP contribution in [0.3, 0.4) is 0 Å². The molecule has 1 heterocycles. The van der Waals surface area contributed by atoms with Crippen molar-refractivity contribution in [2.75, 3.05) is 19.5 Å². The van der Waals surface area contributed by atoms with Crippen molar-refractivity contribution in [3.05, 3.63) is 47.8 Å². The van der Waals surface area contributed by atoms with Gasteiger partial charge in [-0.05, 0) is 24.3 Å². The number of nitrogens with zero attached hydrogens (tertiary/aromatic N) is 1. The third-order valence-electron chi connectivity index (χ3n) is 2.62. The normalized spacial score (nSPS) is 10.6. The molecule has 0 radical (unpaired) electrons. The zero-order valence-electron chi connectivity index (χ0n) is 11.4. The number of methoxy groups -OCH3 is 1. The van der Waals surface area contributed by atoms with Crippen LogP contribution in [0.4, 0.5) is 17.6 Å². The minimum atomic E-state index is -1.67. The standard InChI is InChI=1S/C14H11F4NO2S/c1-20-8-2-4-9(5-3-8)21-6-7-22-12-10(15)13(17)19-14(18)11(12)16/h2-5H,6-7H2,1H3. The maximum absolute atomic E-state index is 13.4. The molecule has 0 amide bonds.